The molecule has 0 fully saturated rings. The molecule has 1 unspecified atom stereocenters. The topological polar surface area (TPSA) is 12.0 Å². The van der Waals surface area contributed by atoms with Gasteiger partial charge in [0.2, 0.25) is 0 Å². The number of allylic oxidation sites excluding steroid dienone is 1. The van der Waals surface area contributed by atoms with Gasteiger partial charge >= 0.3 is 0 Å². The summed E-state index contributed by atoms with van der Waals surface area (Å²) < 4.78 is 26.5. The first-order valence-electron chi connectivity index (χ1n) is 7.06. The summed E-state index contributed by atoms with van der Waals surface area (Å²) in [5.41, 5.74) is 2.10. The van der Waals surface area contributed by atoms with Gasteiger partial charge in [0.15, 0.2) is 0 Å². The van der Waals surface area contributed by atoms with E-state index in [1.165, 1.54) is 30.5 Å². The fourth-order valence-corrected chi connectivity index (χ4v) is 2.72. The molecule has 1 aromatic carbocycles. The van der Waals surface area contributed by atoms with Crippen molar-refractivity contribution < 1.29 is 8.78 Å². The number of likely N-dealkylation sites (N-methyl/N-ethyl adjacent to an activating group) is 1. The highest BCUT2D eigenvalue weighted by atomic mass is 19.1. The van der Waals surface area contributed by atoms with Gasteiger partial charge in [0.05, 0.1) is 0 Å². The van der Waals surface area contributed by atoms with Crippen LogP contribution in [0.25, 0.3) is 0 Å². The van der Waals surface area contributed by atoms with E-state index in [1.54, 1.807) is 0 Å². The Kier molecular flexibility index (Phi) is 5.08. The molecule has 104 valence electrons. The Balaban J connectivity index is 2.13. The lowest BCUT2D eigenvalue weighted by molar-refractivity contribution is 0.534. The van der Waals surface area contributed by atoms with Gasteiger partial charge in [-0.05, 0) is 56.3 Å². The van der Waals surface area contributed by atoms with Crippen LogP contribution in [0.5, 0.6) is 0 Å². The van der Waals surface area contributed by atoms with E-state index in [-0.39, 0.29) is 6.04 Å². The maximum Gasteiger partial charge on any atom is 0.126 e. The molecule has 3 heteroatoms. The predicted octanol–water partition coefficient (Wildman–Crippen LogP) is 3.99. The molecule has 0 amide bonds. The Morgan fingerprint density at radius 1 is 1.16 bits per heavy atom. The maximum atomic E-state index is 13.2. The minimum Gasteiger partial charge on any atom is -0.310 e. The molecular weight excluding hydrogens is 244 g/mol. The maximum absolute atomic E-state index is 13.2. The van der Waals surface area contributed by atoms with Crippen molar-refractivity contribution in [3.05, 3.63) is 47.0 Å². The van der Waals surface area contributed by atoms with Gasteiger partial charge in [-0.2, -0.15) is 0 Å². The van der Waals surface area contributed by atoms with E-state index in [4.69, 9.17) is 0 Å². The molecule has 19 heavy (non-hydrogen) atoms. The summed E-state index contributed by atoms with van der Waals surface area (Å²) in [7, 11) is 0. The fraction of sp³-hybridized carbons (Fsp3) is 0.500. The molecule has 1 aromatic rings. The Bertz CT molecular complexity index is 434. The van der Waals surface area contributed by atoms with Crippen LogP contribution in [-0.4, -0.2) is 12.6 Å². The molecule has 0 aliphatic heterocycles. The summed E-state index contributed by atoms with van der Waals surface area (Å²) in [6.07, 6.45) is 7.60. The van der Waals surface area contributed by atoms with Crippen LogP contribution in [-0.2, 0) is 6.42 Å². The highest BCUT2D eigenvalue weighted by Crippen LogP contribution is 2.23. The van der Waals surface area contributed by atoms with Crippen LogP contribution in [0.4, 0.5) is 8.78 Å². The quantitative estimate of drug-likeness (QED) is 0.794. The second kappa shape index (κ2) is 6.80. The second-order valence-corrected chi connectivity index (χ2v) is 5.12. The molecule has 0 saturated heterocycles. The summed E-state index contributed by atoms with van der Waals surface area (Å²) in [6.45, 7) is 2.92. The zero-order chi connectivity index (χ0) is 13.7. The lowest BCUT2D eigenvalue weighted by Crippen LogP contribution is -2.33. The van der Waals surface area contributed by atoms with Crippen molar-refractivity contribution in [2.45, 2.75) is 45.1 Å². The molecule has 1 aliphatic carbocycles. The van der Waals surface area contributed by atoms with Gasteiger partial charge in [0.25, 0.3) is 0 Å². The van der Waals surface area contributed by atoms with Crippen LogP contribution in [0.3, 0.4) is 0 Å². The van der Waals surface area contributed by atoms with Crippen LogP contribution in [0.1, 0.15) is 38.2 Å². The minimum absolute atomic E-state index is 0.200. The summed E-state index contributed by atoms with van der Waals surface area (Å²) in [4.78, 5) is 0. The zero-order valence-electron chi connectivity index (χ0n) is 11.4. The van der Waals surface area contributed by atoms with Gasteiger partial charge in [0, 0.05) is 12.1 Å². The number of rotatable bonds is 5. The number of hydrogen-bond donors (Lipinski definition) is 1. The van der Waals surface area contributed by atoms with Gasteiger partial charge in [0.1, 0.15) is 11.6 Å². The van der Waals surface area contributed by atoms with Crippen LogP contribution in [0, 0.1) is 11.6 Å². The minimum atomic E-state index is -0.497. The third-order valence-electron chi connectivity index (χ3n) is 3.59. The molecule has 1 aliphatic rings. The van der Waals surface area contributed by atoms with Crippen molar-refractivity contribution in [2.75, 3.05) is 6.54 Å². The molecule has 2 rings (SSSR count). The van der Waals surface area contributed by atoms with Crippen molar-refractivity contribution in [3.8, 4) is 0 Å². The normalized spacial score (nSPS) is 17.1. The Labute approximate surface area is 113 Å². The first-order chi connectivity index (χ1) is 9.19. The van der Waals surface area contributed by atoms with Crippen molar-refractivity contribution in [2.24, 2.45) is 0 Å². The zero-order valence-corrected chi connectivity index (χ0v) is 11.4. The Morgan fingerprint density at radius 2 is 1.89 bits per heavy atom. The highest BCUT2D eigenvalue weighted by Gasteiger charge is 2.16. The smallest absolute Gasteiger partial charge is 0.126 e. The SMILES string of the molecule is CCNC(Cc1cc(F)cc(F)c1)C1=CCCCC1. The number of halogens is 2. The highest BCUT2D eigenvalue weighted by molar-refractivity contribution is 5.23. The first-order valence-corrected chi connectivity index (χ1v) is 7.06. The summed E-state index contributed by atoms with van der Waals surface area (Å²) >= 11 is 0. The van der Waals surface area contributed by atoms with E-state index >= 15 is 0 Å². The van der Waals surface area contributed by atoms with E-state index in [9.17, 15) is 8.78 Å². The van der Waals surface area contributed by atoms with Gasteiger partial charge in [-0.15, -0.1) is 0 Å². The fourth-order valence-electron chi connectivity index (χ4n) is 2.72. The summed E-state index contributed by atoms with van der Waals surface area (Å²) in [5, 5.41) is 3.43. The van der Waals surface area contributed by atoms with E-state index in [0.717, 1.165) is 31.0 Å². The van der Waals surface area contributed by atoms with E-state index < -0.39 is 11.6 Å². The molecule has 0 bridgehead atoms. The van der Waals surface area contributed by atoms with E-state index in [2.05, 4.69) is 18.3 Å². The lowest BCUT2D eigenvalue weighted by Gasteiger charge is -2.24. The monoisotopic (exact) mass is 265 g/mol. The molecule has 0 spiro atoms. The van der Waals surface area contributed by atoms with Crippen molar-refractivity contribution in [1.82, 2.24) is 5.32 Å². The Hall–Kier alpha value is -1.22. The van der Waals surface area contributed by atoms with Crippen LogP contribution < -0.4 is 5.32 Å². The second-order valence-electron chi connectivity index (χ2n) is 5.12. The molecule has 0 radical (unpaired) electrons. The van der Waals surface area contributed by atoms with Crippen molar-refractivity contribution >= 4 is 0 Å². The number of benzene rings is 1. The number of hydrogen-bond acceptors (Lipinski definition) is 1. The van der Waals surface area contributed by atoms with Gasteiger partial charge in [-0.25, -0.2) is 8.78 Å². The molecule has 0 saturated carbocycles. The largest absolute Gasteiger partial charge is 0.310 e. The summed E-state index contributed by atoms with van der Waals surface area (Å²) in [6, 6.07) is 3.98. The third kappa shape index (κ3) is 4.13. The molecule has 1 N–H and O–H groups in total. The van der Waals surface area contributed by atoms with Crippen LogP contribution >= 0.6 is 0 Å². The first kappa shape index (κ1) is 14.2. The van der Waals surface area contributed by atoms with E-state index in [1.807, 2.05) is 0 Å². The van der Waals surface area contributed by atoms with Gasteiger partial charge in [-0.3, -0.25) is 0 Å². The van der Waals surface area contributed by atoms with E-state index in [0.29, 0.717) is 6.42 Å². The van der Waals surface area contributed by atoms with Gasteiger partial charge in [-0.1, -0.05) is 18.6 Å². The average Bonchev–Trinajstić information content (AvgIpc) is 2.38. The van der Waals surface area contributed by atoms with Crippen molar-refractivity contribution in [1.29, 1.82) is 0 Å². The standard InChI is InChI=1S/C16H21F2N/c1-2-19-16(13-6-4-3-5-7-13)10-12-8-14(17)11-15(18)9-12/h6,8-9,11,16,19H,2-5,7,10H2,1H3. The third-order valence-corrected chi connectivity index (χ3v) is 3.59. The van der Waals surface area contributed by atoms with Gasteiger partial charge < -0.3 is 5.32 Å². The molecule has 1 atom stereocenters. The average molecular weight is 265 g/mol. The number of nitrogens with one attached hydrogen (secondary N) is 1. The Morgan fingerprint density at radius 3 is 2.47 bits per heavy atom. The lowest BCUT2D eigenvalue weighted by atomic mass is 9.90. The molecular formula is C16H21F2N. The summed E-state index contributed by atoms with van der Waals surface area (Å²) in [5.74, 6) is -0.995. The van der Waals surface area contributed by atoms with Crippen LogP contribution in [0.15, 0.2) is 29.8 Å². The molecule has 0 heterocycles. The van der Waals surface area contributed by atoms with Crippen molar-refractivity contribution in [3.63, 3.8) is 0 Å². The molecule has 0 aromatic heterocycles. The predicted molar refractivity (Wildman–Crippen MR) is 74.1 cm³/mol. The van der Waals surface area contributed by atoms with Crippen LogP contribution in [0.2, 0.25) is 0 Å². The molecule has 1 nitrogen and oxygen atoms in total.